The summed E-state index contributed by atoms with van der Waals surface area (Å²) in [5.41, 5.74) is 1.27. The molecule has 0 atom stereocenters. The van der Waals surface area contributed by atoms with Crippen LogP contribution in [0.5, 0.6) is 5.75 Å². The first-order valence-corrected chi connectivity index (χ1v) is 8.65. The summed E-state index contributed by atoms with van der Waals surface area (Å²) >= 11 is 0. The van der Waals surface area contributed by atoms with Crippen LogP contribution in [0.15, 0.2) is 71.4 Å². The lowest BCUT2D eigenvalue weighted by Crippen LogP contribution is -2.13. The summed E-state index contributed by atoms with van der Waals surface area (Å²) < 4.78 is 25.2. The highest BCUT2D eigenvalue weighted by Crippen LogP contribution is 2.31. The maximum absolute atomic E-state index is 14.6. The molecule has 1 N–H and O–H groups in total. The Kier molecular flexibility index (Phi) is 4.98. The molecular weight excluding hydrogens is 375 g/mol. The average molecular weight is 390 g/mol. The molecule has 7 nitrogen and oxygen atoms in total. The summed E-state index contributed by atoms with van der Waals surface area (Å²) in [6, 6.07) is 16.3. The quantitative estimate of drug-likeness (QED) is 0.549. The average Bonchev–Trinajstić information content (AvgIpc) is 3.24. The van der Waals surface area contributed by atoms with Crippen molar-refractivity contribution >= 4 is 11.6 Å². The smallest absolute Gasteiger partial charge is 0.274 e. The highest BCUT2D eigenvalue weighted by Gasteiger charge is 2.17. The largest absolute Gasteiger partial charge is 0.496 e. The van der Waals surface area contributed by atoms with Crippen molar-refractivity contribution in [2.24, 2.45) is 0 Å². The van der Waals surface area contributed by atoms with Gasteiger partial charge in [0.05, 0.1) is 18.2 Å². The lowest BCUT2D eigenvalue weighted by molar-refractivity contribution is 0.102. The standard InChI is InChI=1S/C21H15FN4O3/c1-28-18-8-3-2-6-15(18)21-25-19(26-29-21)14-10-9-13(12-16(14)22)24-20(27)17-7-4-5-11-23-17/h2-12H,1H3,(H,24,27). The van der Waals surface area contributed by atoms with Gasteiger partial charge in [0, 0.05) is 11.9 Å². The first-order valence-electron chi connectivity index (χ1n) is 8.65. The van der Waals surface area contributed by atoms with E-state index < -0.39 is 11.7 Å². The number of nitrogens with one attached hydrogen (secondary N) is 1. The third-order valence-corrected chi connectivity index (χ3v) is 4.13. The molecular formula is C21H15FN4O3. The Balaban J connectivity index is 1.57. The molecule has 4 rings (SSSR count). The van der Waals surface area contributed by atoms with Crippen molar-refractivity contribution in [3.05, 3.63) is 78.4 Å². The zero-order valence-corrected chi connectivity index (χ0v) is 15.3. The van der Waals surface area contributed by atoms with Crippen LogP contribution in [-0.2, 0) is 0 Å². The van der Waals surface area contributed by atoms with Crippen molar-refractivity contribution < 1.29 is 18.4 Å². The van der Waals surface area contributed by atoms with Crippen molar-refractivity contribution in [1.82, 2.24) is 15.1 Å². The molecule has 2 aromatic carbocycles. The van der Waals surface area contributed by atoms with Gasteiger partial charge in [0.25, 0.3) is 11.8 Å². The zero-order chi connectivity index (χ0) is 20.2. The molecule has 0 saturated heterocycles. The molecule has 0 fully saturated rings. The third-order valence-electron chi connectivity index (χ3n) is 4.13. The number of pyridine rings is 1. The molecule has 0 unspecified atom stereocenters. The second-order valence-corrected chi connectivity index (χ2v) is 5.99. The second kappa shape index (κ2) is 7.89. The van der Waals surface area contributed by atoms with E-state index in [0.29, 0.717) is 11.3 Å². The molecule has 0 aliphatic carbocycles. The number of carbonyl (C=O) groups excluding carboxylic acids is 1. The second-order valence-electron chi connectivity index (χ2n) is 5.99. The molecule has 2 aromatic heterocycles. The highest BCUT2D eigenvalue weighted by atomic mass is 19.1. The van der Waals surface area contributed by atoms with Crippen LogP contribution in [-0.4, -0.2) is 28.1 Å². The van der Waals surface area contributed by atoms with Gasteiger partial charge < -0.3 is 14.6 Å². The van der Waals surface area contributed by atoms with Crippen molar-refractivity contribution in [1.29, 1.82) is 0 Å². The molecule has 2 heterocycles. The Bertz CT molecular complexity index is 1160. The van der Waals surface area contributed by atoms with Crippen LogP contribution >= 0.6 is 0 Å². The number of nitrogens with zero attached hydrogens (tertiary/aromatic N) is 3. The maximum atomic E-state index is 14.6. The monoisotopic (exact) mass is 390 g/mol. The van der Waals surface area contributed by atoms with Gasteiger partial charge in [0.1, 0.15) is 17.3 Å². The Morgan fingerprint density at radius 3 is 2.66 bits per heavy atom. The summed E-state index contributed by atoms with van der Waals surface area (Å²) in [6.07, 6.45) is 1.51. The topological polar surface area (TPSA) is 90.1 Å². The van der Waals surface area contributed by atoms with Crippen LogP contribution in [0.2, 0.25) is 0 Å². The molecule has 0 spiro atoms. The van der Waals surface area contributed by atoms with Gasteiger partial charge in [-0.1, -0.05) is 23.4 Å². The fraction of sp³-hybridized carbons (Fsp3) is 0.0476. The van der Waals surface area contributed by atoms with Gasteiger partial charge in [-0.3, -0.25) is 9.78 Å². The number of para-hydroxylation sites is 1. The number of rotatable bonds is 5. The number of benzene rings is 2. The number of carbonyl (C=O) groups is 1. The number of hydrogen-bond donors (Lipinski definition) is 1. The minimum Gasteiger partial charge on any atom is -0.496 e. The van der Waals surface area contributed by atoms with Crippen molar-refractivity contribution in [2.45, 2.75) is 0 Å². The van der Waals surface area contributed by atoms with Crippen LogP contribution in [0, 0.1) is 5.82 Å². The van der Waals surface area contributed by atoms with E-state index in [2.05, 4.69) is 20.4 Å². The normalized spacial score (nSPS) is 10.6. The molecule has 1 amide bonds. The molecule has 0 bridgehead atoms. The summed E-state index contributed by atoms with van der Waals surface area (Å²) in [5, 5.41) is 6.46. The van der Waals surface area contributed by atoms with E-state index in [4.69, 9.17) is 9.26 Å². The summed E-state index contributed by atoms with van der Waals surface area (Å²) in [4.78, 5) is 20.4. The van der Waals surface area contributed by atoms with Crippen LogP contribution in [0.1, 0.15) is 10.5 Å². The lowest BCUT2D eigenvalue weighted by atomic mass is 10.1. The van der Waals surface area contributed by atoms with Gasteiger partial charge in [-0.05, 0) is 42.5 Å². The molecule has 0 saturated carbocycles. The SMILES string of the molecule is COc1ccccc1-c1nc(-c2ccc(NC(=O)c3ccccn3)cc2F)no1. The van der Waals surface area contributed by atoms with Gasteiger partial charge in [-0.2, -0.15) is 4.98 Å². The van der Waals surface area contributed by atoms with Gasteiger partial charge in [-0.25, -0.2) is 4.39 Å². The van der Waals surface area contributed by atoms with Gasteiger partial charge in [0.15, 0.2) is 0 Å². The van der Waals surface area contributed by atoms with Crippen molar-refractivity contribution in [3.8, 4) is 28.6 Å². The minimum atomic E-state index is -0.601. The van der Waals surface area contributed by atoms with Gasteiger partial charge in [-0.15, -0.1) is 0 Å². The van der Waals surface area contributed by atoms with E-state index in [0.717, 1.165) is 0 Å². The zero-order valence-electron chi connectivity index (χ0n) is 15.3. The number of hydrogen-bond acceptors (Lipinski definition) is 6. The van der Waals surface area contributed by atoms with E-state index in [-0.39, 0.29) is 28.7 Å². The van der Waals surface area contributed by atoms with E-state index in [1.807, 2.05) is 6.07 Å². The van der Waals surface area contributed by atoms with E-state index >= 15 is 0 Å². The molecule has 29 heavy (non-hydrogen) atoms. The Morgan fingerprint density at radius 1 is 1.07 bits per heavy atom. The first-order chi connectivity index (χ1) is 14.2. The summed E-state index contributed by atoms with van der Waals surface area (Å²) in [7, 11) is 1.54. The fourth-order valence-electron chi connectivity index (χ4n) is 2.73. The Hall–Kier alpha value is -4.07. The molecule has 4 aromatic rings. The fourth-order valence-corrected chi connectivity index (χ4v) is 2.73. The molecule has 144 valence electrons. The predicted molar refractivity (Wildman–Crippen MR) is 104 cm³/mol. The summed E-state index contributed by atoms with van der Waals surface area (Å²) in [6.45, 7) is 0. The van der Waals surface area contributed by atoms with Crippen LogP contribution < -0.4 is 10.1 Å². The number of halogens is 1. The van der Waals surface area contributed by atoms with Gasteiger partial charge >= 0.3 is 0 Å². The van der Waals surface area contributed by atoms with E-state index in [1.54, 1.807) is 42.5 Å². The van der Waals surface area contributed by atoms with Crippen molar-refractivity contribution in [3.63, 3.8) is 0 Å². The molecule has 0 radical (unpaired) electrons. The molecule has 8 heteroatoms. The number of aromatic nitrogens is 3. The molecule has 0 aliphatic heterocycles. The predicted octanol–water partition coefficient (Wildman–Crippen LogP) is 4.20. The molecule has 0 aliphatic rings. The number of methoxy groups -OCH3 is 1. The third kappa shape index (κ3) is 3.81. The minimum absolute atomic E-state index is 0.0889. The maximum Gasteiger partial charge on any atom is 0.274 e. The highest BCUT2D eigenvalue weighted by molar-refractivity contribution is 6.02. The van der Waals surface area contributed by atoms with Crippen LogP contribution in [0.25, 0.3) is 22.8 Å². The lowest BCUT2D eigenvalue weighted by Gasteiger charge is -2.06. The number of amides is 1. The first kappa shape index (κ1) is 18.3. The Morgan fingerprint density at radius 2 is 1.90 bits per heavy atom. The van der Waals surface area contributed by atoms with E-state index in [9.17, 15) is 9.18 Å². The van der Waals surface area contributed by atoms with Crippen LogP contribution in [0.3, 0.4) is 0 Å². The Labute approximate surface area is 165 Å². The number of anilines is 1. The number of ether oxygens (including phenoxy) is 1. The van der Waals surface area contributed by atoms with Crippen LogP contribution in [0.4, 0.5) is 10.1 Å². The van der Waals surface area contributed by atoms with Gasteiger partial charge in [0.2, 0.25) is 5.82 Å². The van der Waals surface area contributed by atoms with Crippen molar-refractivity contribution in [2.75, 3.05) is 12.4 Å². The van der Waals surface area contributed by atoms with E-state index in [1.165, 1.54) is 25.4 Å². The summed E-state index contributed by atoms with van der Waals surface area (Å²) in [5.74, 6) is -0.168.